The molecule has 0 amide bonds. The van der Waals surface area contributed by atoms with Crippen molar-refractivity contribution < 1.29 is 20.1 Å². The molecule has 0 bridgehead atoms. The van der Waals surface area contributed by atoms with Crippen LogP contribution in [-0.4, -0.2) is 59.8 Å². The summed E-state index contributed by atoms with van der Waals surface area (Å²) in [6.45, 7) is -0.443. The van der Waals surface area contributed by atoms with Crippen molar-refractivity contribution in [3.63, 3.8) is 0 Å². The normalized spacial score (nSPS) is 28.9. The number of nitrogen functional groups attached to an aromatic ring is 1. The predicted molar refractivity (Wildman–Crippen MR) is 67.5 cm³/mol. The molecule has 0 spiro atoms. The predicted octanol–water partition coefficient (Wildman–Crippen LogP) is -2.11. The summed E-state index contributed by atoms with van der Waals surface area (Å²) in [5, 5.41) is 37.9. The lowest BCUT2D eigenvalue weighted by molar-refractivity contribution is -0.0511. The van der Waals surface area contributed by atoms with Crippen LogP contribution in [0.1, 0.15) is 11.9 Å². The van der Waals surface area contributed by atoms with Gasteiger partial charge in [-0.2, -0.15) is 15.2 Å². The number of fused-ring (bicyclic) bond motifs is 1. The van der Waals surface area contributed by atoms with E-state index in [1.165, 1.54) is 10.9 Å². The number of hydrogen-bond donors (Lipinski definition) is 4. The molecule has 2 aromatic heterocycles. The Bertz CT molecular complexity index is 725. The van der Waals surface area contributed by atoms with Crippen LogP contribution in [0.25, 0.3) is 11.2 Å². The molecule has 3 heterocycles. The summed E-state index contributed by atoms with van der Waals surface area (Å²) in [6.07, 6.45) is -3.13. The minimum atomic E-state index is -1.28. The Labute approximate surface area is 118 Å². The summed E-state index contributed by atoms with van der Waals surface area (Å²) < 4.78 is 6.73. The highest BCUT2D eigenvalue weighted by Gasteiger charge is 2.44. The lowest BCUT2D eigenvalue weighted by Crippen LogP contribution is -2.33. The summed E-state index contributed by atoms with van der Waals surface area (Å²) in [4.78, 5) is 11.8. The van der Waals surface area contributed by atoms with Gasteiger partial charge in [0.25, 0.3) is 0 Å². The Morgan fingerprint density at radius 2 is 2.14 bits per heavy atom. The van der Waals surface area contributed by atoms with Gasteiger partial charge in [0.15, 0.2) is 17.6 Å². The van der Waals surface area contributed by atoms with Crippen molar-refractivity contribution in [2.24, 2.45) is 0 Å². The number of anilines is 1. The van der Waals surface area contributed by atoms with Crippen LogP contribution in [-0.2, 0) is 4.74 Å². The van der Waals surface area contributed by atoms with Gasteiger partial charge in [0.05, 0.1) is 12.9 Å². The molecule has 1 fully saturated rings. The molecular weight excluding hydrogens is 280 g/mol. The smallest absolute Gasteiger partial charge is 0.223 e. The van der Waals surface area contributed by atoms with Gasteiger partial charge in [0, 0.05) is 0 Å². The second kappa shape index (κ2) is 4.90. The maximum absolute atomic E-state index is 10.0. The van der Waals surface area contributed by atoms with Crippen LogP contribution in [0.3, 0.4) is 0 Å². The molecule has 0 unspecified atom stereocenters. The number of nitrogens with two attached hydrogens (primary N) is 1. The first-order valence-corrected chi connectivity index (χ1v) is 6.09. The van der Waals surface area contributed by atoms with Crippen molar-refractivity contribution in [2.45, 2.75) is 24.5 Å². The zero-order chi connectivity index (χ0) is 15.1. The second-order valence-electron chi connectivity index (χ2n) is 4.60. The van der Waals surface area contributed by atoms with Crippen LogP contribution in [0.4, 0.5) is 5.95 Å². The molecule has 3 rings (SSSR count). The molecule has 10 nitrogen and oxygen atoms in total. The monoisotopic (exact) mass is 292 g/mol. The van der Waals surface area contributed by atoms with Gasteiger partial charge in [-0.1, -0.05) is 0 Å². The highest BCUT2D eigenvalue weighted by atomic mass is 16.6. The van der Waals surface area contributed by atoms with E-state index in [4.69, 9.17) is 20.8 Å². The lowest BCUT2D eigenvalue weighted by Gasteiger charge is -2.16. The van der Waals surface area contributed by atoms with Gasteiger partial charge in [-0.15, -0.1) is 0 Å². The highest BCUT2D eigenvalue weighted by Crippen LogP contribution is 2.31. The molecule has 0 aromatic carbocycles. The first kappa shape index (κ1) is 13.7. The van der Waals surface area contributed by atoms with E-state index in [1.54, 1.807) is 0 Å². The Kier molecular flexibility index (Phi) is 3.19. The topological polar surface area (TPSA) is 163 Å². The van der Waals surface area contributed by atoms with Crippen LogP contribution < -0.4 is 5.73 Å². The van der Waals surface area contributed by atoms with Crippen LogP contribution in [0, 0.1) is 11.3 Å². The fourth-order valence-electron chi connectivity index (χ4n) is 2.31. The molecule has 1 aliphatic rings. The van der Waals surface area contributed by atoms with E-state index in [-0.39, 0.29) is 22.8 Å². The van der Waals surface area contributed by atoms with E-state index < -0.39 is 31.1 Å². The highest BCUT2D eigenvalue weighted by molar-refractivity contribution is 5.77. The first-order chi connectivity index (χ1) is 10.1. The molecule has 0 radical (unpaired) electrons. The van der Waals surface area contributed by atoms with Crippen molar-refractivity contribution in [3.05, 3.63) is 12.0 Å². The molecule has 0 aliphatic carbocycles. The van der Waals surface area contributed by atoms with Crippen LogP contribution in [0.15, 0.2) is 6.33 Å². The molecular formula is C11H12N6O4. The maximum Gasteiger partial charge on any atom is 0.223 e. The summed E-state index contributed by atoms with van der Waals surface area (Å²) >= 11 is 0. The van der Waals surface area contributed by atoms with Gasteiger partial charge in [-0.05, 0) is 0 Å². The fraction of sp³-hybridized carbons (Fsp3) is 0.455. The number of nitrogens with zero attached hydrogens (tertiary/aromatic N) is 5. The van der Waals surface area contributed by atoms with E-state index in [0.29, 0.717) is 0 Å². The molecule has 1 saturated heterocycles. The first-order valence-electron chi connectivity index (χ1n) is 6.09. The summed E-state index contributed by atoms with van der Waals surface area (Å²) in [7, 11) is 0. The zero-order valence-corrected chi connectivity index (χ0v) is 10.7. The number of rotatable bonds is 2. The van der Waals surface area contributed by atoms with E-state index >= 15 is 0 Å². The zero-order valence-electron chi connectivity index (χ0n) is 10.7. The lowest BCUT2D eigenvalue weighted by atomic mass is 10.1. The Balaban J connectivity index is 2.10. The van der Waals surface area contributed by atoms with Gasteiger partial charge >= 0.3 is 0 Å². The molecule has 110 valence electrons. The van der Waals surface area contributed by atoms with Gasteiger partial charge in [0.1, 0.15) is 29.9 Å². The Morgan fingerprint density at radius 3 is 2.76 bits per heavy atom. The van der Waals surface area contributed by atoms with Crippen molar-refractivity contribution >= 4 is 17.1 Å². The number of aliphatic hydroxyl groups excluding tert-OH is 3. The van der Waals surface area contributed by atoms with Crippen molar-refractivity contribution in [1.82, 2.24) is 19.5 Å². The van der Waals surface area contributed by atoms with Crippen LogP contribution in [0.5, 0.6) is 0 Å². The number of ether oxygens (including phenoxy) is 1. The van der Waals surface area contributed by atoms with Gasteiger partial charge in [-0.3, -0.25) is 4.57 Å². The third-order valence-electron chi connectivity index (χ3n) is 3.34. The largest absolute Gasteiger partial charge is 0.394 e. The Hall–Kier alpha value is -2.32. The fourth-order valence-corrected chi connectivity index (χ4v) is 2.31. The van der Waals surface area contributed by atoms with Crippen molar-refractivity contribution in [2.75, 3.05) is 12.3 Å². The van der Waals surface area contributed by atoms with E-state index in [0.717, 1.165) is 0 Å². The minimum Gasteiger partial charge on any atom is -0.394 e. The van der Waals surface area contributed by atoms with Gasteiger partial charge in [0.2, 0.25) is 5.95 Å². The molecule has 4 atom stereocenters. The van der Waals surface area contributed by atoms with Crippen molar-refractivity contribution in [1.29, 1.82) is 5.26 Å². The molecule has 2 aromatic rings. The quantitative estimate of drug-likeness (QED) is 0.485. The van der Waals surface area contributed by atoms with Gasteiger partial charge < -0.3 is 25.8 Å². The SMILES string of the molecule is N#Cc1nc(N)nc2c1ncn2[C@@H]1O[C@H](CO)[C@@H](O)[C@H]1O. The summed E-state index contributed by atoms with van der Waals surface area (Å²) in [5.41, 5.74) is 5.95. The summed E-state index contributed by atoms with van der Waals surface area (Å²) in [6, 6.07) is 1.86. The summed E-state index contributed by atoms with van der Waals surface area (Å²) in [5.74, 6) is -0.118. The van der Waals surface area contributed by atoms with E-state index in [1.807, 2.05) is 6.07 Å². The maximum atomic E-state index is 10.0. The van der Waals surface area contributed by atoms with Gasteiger partial charge in [-0.25, -0.2) is 4.98 Å². The van der Waals surface area contributed by atoms with Crippen LogP contribution >= 0.6 is 0 Å². The third kappa shape index (κ3) is 1.99. The Morgan fingerprint density at radius 1 is 1.38 bits per heavy atom. The molecule has 21 heavy (non-hydrogen) atoms. The molecule has 0 saturated carbocycles. The molecule has 1 aliphatic heterocycles. The third-order valence-corrected chi connectivity index (χ3v) is 3.34. The second-order valence-corrected chi connectivity index (χ2v) is 4.60. The number of aromatic nitrogens is 4. The number of nitriles is 1. The number of hydrogen-bond acceptors (Lipinski definition) is 9. The average molecular weight is 292 g/mol. The number of aliphatic hydroxyl groups is 3. The molecule has 10 heteroatoms. The van der Waals surface area contributed by atoms with E-state index in [2.05, 4.69) is 15.0 Å². The average Bonchev–Trinajstić information content (AvgIpc) is 3.01. The standard InChI is InChI=1S/C11H12N6O4/c12-1-4-6-9(16-11(13)15-4)17(3-14-6)10-8(20)7(19)5(2-18)21-10/h3,5,7-8,10,18-20H,2H2,(H2,13,15,16)/t5-,7-,8-,10-/m1/s1. The minimum absolute atomic E-state index is 0.00277. The molecule has 5 N–H and O–H groups in total. The van der Waals surface area contributed by atoms with Crippen LogP contribution in [0.2, 0.25) is 0 Å². The number of imidazole rings is 1. The van der Waals surface area contributed by atoms with E-state index in [9.17, 15) is 10.2 Å². The van der Waals surface area contributed by atoms with Crippen molar-refractivity contribution in [3.8, 4) is 6.07 Å².